The summed E-state index contributed by atoms with van der Waals surface area (Å²) in [6, 6.07) is 7.50. The number of likely N-dealkylation sites (tertiary alicyclic amines) is 1. The number of nitrogens with one attached hydrogen (secondary N) is 1. The molecule has 1 aromatic rings. The van der Waals surface area contributed by atoms with Crippen LogP contribution in [0.4, 0.5) is 4.79 Å². The number of methoxy groups -OCH3 is 1. The number of hydrogen-bond donors (Lipinski definition) is 1. The van der Waals surface area contributed by atoms with Gasteiger partial charge in [-0.25, -0.2) is 4.79 Å². The molecule has 1 unspecified atom stereocenters. The van der Waals surface area contributed by atoms with Crippen molar-refractivity contribution < 1.29 is 14.3 Å². The van der Waals surface area contributed by atoms with Crippen LogP contribution < -0.4 is 14.8 Å². The molecule has 116 valence electrons. The van der Waals surface area contributed by atoms with Crippen molar-refractivity contribution in [3.8, 4) is 11.5 Å². The average molecular weight is 292 g/mol. The first kappa shape index (κ1) is 15.5. The predicted molar refractivity (Wildman–Crippen MR) is 81.9 cm³/mol. The van der Waals surface area contributed by atoms with Crippen LogP contribution in [0.25, 0.3) is 0 Å². The zero-order valence-corrected chi connectivity index (χ0v) is 12.8. The van der Waals surface area contributed by atoms with Crippen molar-refractivity contribution in [3.63, 3.8) is 0 Å². The Bertz CT molecular complexity index is 465. The first-order valence-corrected chi connectivity index (χ1v) is 7.49. The molecule has 1 saturated heterocycles. The molecular formula is C16H24N2O3. The molecule has 2 rings (SSSR count). The zero-order chi connectivity index (χ0) is 15.1. The lowest BCUT2D eigenvalue weighted by Crippen LogP contribution is -2.45. The second kappa shape index (κ2) is 7.76. The van der Waals surface area contributed by atoms with Gasteiger partial charge in [0.2, 0.25) is 0 Å². The molecule has 0 spiro atoms. The van der Waals surface area contributed by atoms with Crippen LogP contribution in [-0.4, -0.2) is 44.3 Å². The molecule has 1 aliphatic rings. The van der Waals surface area contributed by atoms with Gasteiger partial charge in [-0.05, 0) is 30.9 Å². The molecule has 1 atom stereocenters. The van der Waals surface area contributed by atoms with E-state index in [-0.39, 0.29) is 6.03 Å². The lowest BCUT2D eigenvalue weighted by molar-refractivity contribution is 0.167. The monoisotopic (exact) mass is 292 g/mol. The fourth-order valence-electron chi connectivity index (χ4n) is 2.54. The summed E-state index contributed by atoms with van der Waals surface area (Å²) >= 11 is 0. The van der Waals surface area contributed by atoms with Gasteiger partial charge < -0.3 is 19.7 Å². The van der Waals surface area contributed by atoms with Gasteiger partial charge in [-0.15, -0.1) is 0 Å². The van der Waals surface area contributed by atoms with Gasteiger partial charge in [-0.1, -0.05) is 19.1 Å². The molecule has 0 aliphatic carbocycles. The SMILES string of the molecule is COc1ccccc1OCCNC(=O)N1CCCC(C)C1. The number of ether oxygens (including phenoxy) is 2. The van der Waals surface area contributed by atoms with Crippen molar-refractivity contribution in [1.82, 2.24) is 10.2 Å². The van der Waals surface area contributed by atoms with Crippen molar-refractivity contribution >= 4 is 6.03 Å². The van der Waals surface area contributed by atoms with Gasteiger partial charge in [-0.2, -0.15) is 0 Å². The van der Waals surface area contributed by atoms with E-state index in [1.807, 2.05) is 29.2 Å². The van der Waals surface area contributed by atoms with Crippen LogP contribution in [0.1, 0.15) is 19.8 Å². The van der Waals surface area contributed by atoms with Crippen LogP contribution in [-0.2, 0) is 0 Å². The second-order valence-corrected chi connectivity index (χ2v) is 5.42. The molecule has 21 heavy (non-hydrogen) atoms. The number of urea groups is 1. The van der Waals surface area contributed by atoms with Crippen LogP contribution in [0.3, 0.4) is 0 Å². The number of carbonyl (C=O) groups excluding carboxylic acids is 1. The maximum atomic E-state index is 12.0. The first-order chi connectivity index (χ1) is 10.2. The van der Waals surface area contributed by atoms with E-state index in [0.29, 0.717) is 30.6 Å². The summed E-state index contributed by atoms with van der Waals surface area (Å²) in [4.78, 5) is 13.9. The van der Waals surface area contributed by atoms with Gasteiger partial charge >= 0.3 is 6.03 Å². The highest BCUT2D eigenvalue weighted by Gasteiger charge is 2.20. The Kier molecular flexibility index (Phi) is 5.72. The van der Waals surface area contributed by atoms with Crippen LogP contribution >= 0.6 is 0 Å². The number of para-hydroxylation sites is 2. The van der Waals surface area contributed by atoms with Crippen LogP contribution in [0.2, 0.25) is 0 Å². The number of benzene rings is 1. The first-order valence-electron chi connectivity index (χ1n) is 7.49. The molecule has 2 amide bonds. The highest BCUT2D eigenvalue weighted by Crippen LogP contribution is 2.25. The molecule has 1 N–H and O–H groups in total. The van der Waals surface area contributed by atoms with Crippen molar-refractivity contribution in [2.24, 2.45) is 5.92 Å². The molecule has 5 nitrogen and oxygen atoms in total. The second-order valence-electron chi connectivity index (χ2n) is 5.42. The minimum Gasteiger partial charge on any atom is -0.493 e. The number of amides is 2. The zero-order valence-electron chi connectivity index (χ0n) is 12.8. The minimum absolute atomic E-state index is 0.00479. The lowest BCUT2D eigenvalue weighted by atomic mass is 10.0. The van der Waals surface area contributed by atoms with E-state index in [0.717, 1.165) is 19.5 Å². The van der Waals surface area contributed by atoms with E-state index in [9.17, 15) is 4.79 Å². The van der Waals surface area contributed by atoms with Crippen LogP contribution in [0.5, 0.6) is 11.5 Å². The van der Waals surface area contributed by atoms with Gasteiger partial charge in [0.15, 0.2) is 11.5 Å². The van der Waals surface area contributed by atoms with Gasteiger partial charge in [0.25, 0.3) is 0 Å². The number of carbonyl (C=O) groups is 1. The Morgan fingerprint density at radius 1 is 1.38 bits per heavy atom. The van der Waals surface area contributed by atoms with E-state index in [1.165, 1.54) is 6.42 Å². The normalized spacial score (nSPS) is 18.2. The highest BCUT2D eigenvalue weighted by atomic mass is 16.5. The number of nitrogens with zero attached hydrogens (tertiary/aromatic N) is 1. The largest absolute Gasteiger partial charge is 0.493 e. The lowest BCUT2D eigenvalue weighted by Gasteiger charge is -2.30. The quantitative estimate of drug-likeness (QED) is 0.848. The fourth-order valence-corrected chi connectivity index (χ4v) is 2.54. The molecule has 5 heteroatoms. The van der Waals surface area contributed by atoms with Crippen molar-refractivity contribution in [2.45, 2.75) is 19.8 Å². The topological polar surface area (TPSA) is 50.8 Å². The minimum atomic E-state index is 0.00479. The summed E-state index contributed by atoms with van der Waals surface area (Å²) in [5.41, 5.74) is 0. The van der Waals surface area contributed by atoms with Gasteiger partial charge in [-0.3, -0.25) is 0 Å². The summed E-state index contributed by atoms with van der Waals surface area (Å²) in [7, 11) is 1.61. The molecule has 1 aliphatic heterocycles. The molecule has 1 aromatic carbocycles. The van der Waals surface area contributed by atoms with E-state index >= 15 is 0 Å². The average Bonchev–Trinajstić information content (AvgIpc) is 2.51. The van der Waals surface area contributed by atoms with Gasteiger partial charge in [0, 0.05) is 13.1 Å². The summed E-state index contributed by atoms with van der Waals surface area (Å²) in [5, 5.41) is 2.90. The third kappa shape index (κ3) is 4.55. The Balaban J connectivity index is 1.70. The third-order valence-electron chi connectivity index (χ3n) is 3.65. The molecule has 0 radical (unpaired) electrons. The highest BCUT2D eigenvalue weighted by molar-refractivity contribution is 5.74. The summed E-state index contributed by atoms with van der Waals surface area (Å²) in [6.45, 7) is 4.80. The number of hydrogen-bond acceptors (Lipinski definition) is 3. The molecule has 1 heterocycles. The van der Waals surface area contributed by atoms with Crippen molar-refractivity contribution in [1.29, 1.82) is 0 Å². The Morgan fingerprint density at radius 2 is 2.14 bits per heavy atom. The van der Waals surface area contributed by atoms with Gasteiger partial charge in [0.05, 0.1) is 13.7 Å². The summed E-state index contributed by atoms with van der Waals surface area (Å²) in [5.74, 6) is 1.99. The fraction of sp³-hybridized carbons (Fsp3) is 0.562. The van der Waals surface area contributed by atoms with Crippen molar-refractivity contribution in [2.75, 3.05) is 33.4 Å². The van der Waals surface area contributed by atoms with E-state index in [2.05, 4.69) is 12.2 Å². The maximum Gasteiger partial charge on any atom is 0.317 e. The predicted octanol–water partition coefficient (Wildman–Crippen LogP) is 2.52. The molecule has 0 bridgehead atoms. The van der Waals surface area contributed by atoms with E-state index < -0.39 is 0 Å². The van der Waals surface area contributed by atoms with Crippen molar-refractivity contribution in [3.05, 3.63) is 24.3 Å². The Hall–Kier alpha value is -1.91. The molecule has 0 saturated carbocycles. The van der Waals surface area contributed by atoms with E-state index in [4.69, 9.17) is 9.47 Å². The van der Waals surface area contributed by atoms with Crippen LogP contribution in [0.15, 0.2) is 24.3 Å². The Morgan fingerprint density at radius 3 is 2.86 bits per heavy atom. The third-order valence-corrected chi connectivity index (χ3v) is 3.65. The summed E-state index contributed by atoms with van der Waals surface area (Å²) < 4.78 is 10.8. The van der Waals surface area contributed by atoms with E-state index in [1.54, 1.807) is 7.11 Å². The molecule has 1 fully saturated rings. The number of piperidine rings is 1. The standard InChI is InChI=1S/C16H24N2O3/c1-13-6-5-10-18(12-13)16(19)17-9-11-21-15-8-4-3-7-14(15)20-2/h3-4,7-8,13H,5-6,9-12H2,1-2H3,(H,17,19). The molecule has 0 aromatic heterocycles. The smallest absolute Gasteiger partial charge is 0.317 e. The Labute approximate surface area is 126 Å². The summed E-state index contributed by atoms with van der Waals surface area (Å²) in [6.07, 6.45) is 2.30. The maximum absolute atomic E-state index is 12.0. The van der Waals surface area contributed by atoms with Gasteiger partial charge in [0.1, 0.15) is 6.61 Å². The van der Waals surface area contributed by atoms with Crippen LogP contribution in [0, 0.1) is 5.92 Å². The number of rotatable bonds is 5. The molecular weight excluding hydrogens is 268 g/mol.